The van der Waals surface area contributed by atoms with E-state index in [0.29, 0.717) is 5.69 Å². The number of hydrogen-bond donors (Lipinski definition) is 1. The number of carbonyl (C=O) groups excluding carboxylic acids is 1. The van der Waals surface area contributed by atoms with Gasteiger partial charge < -0.3 is 10.1 Å². The van der Waals surface area contributed by atoms with Crippen molar-refractivity contribution >= 4 is 5.91 Å². The maximum atomic E-state index is 12.7. The van der Waals surface area contributed by atoms with Gasteiger partial charge in [0.2, 0.25) is 0 Å². The molecule has 6 heteroatoms. The van der Waals surface area contributed by atoms with E-state index < -0.39 is 0 Å². The molecule has 1 spiro atoms. The van der Waals surface area contributed by atoms with Crippen LogP contribution in [0.4, 0.5) is 0 Å². The summed E-state index contributed by atoms with van der Waals surface area (Å²) in [5.41, 5.74) is 0.942. The second kappa shape index (κ2) is 8.91. The molecule has 1 N–H and O–H groups in total. The molecule has 0 radical (unpaired) electrons. The Morgan fingerprint density at radius 2 is 2.23 bits per heavy atom. The van der Waals surface area contributed by atoms with Crippen molar-refractivity contribution in [2.75, 3.05) is 26.2 Å². The van der Waals surface area contributed by atoms with Gasteiger partial charge in [-0.25, -0.2) is 4.98 Å². The quantitative estimate of drug-likeness (QED) is 0.790. The minimum absolute atomic E-state index is 0.0424. The molecule has 3 rings (SSSR count). The molecule has 1 aliphatic carbocycles. The monoisotopic (exact) mass is 360 g/mol. The standard InChI is InChI=1S/C20H32N4O2/c1-3-4-7-10-24-11-12-26-20(15-24)9-6-5-8-18(20)23-19(25)17-14-21-16(2)13-22-17/h13-14,18H,3-12,15H2,1-2H3,(H,23,25)/t18-,20-/m1/s1. The molecule has 2 aliphatic rings. The molecule has 1 amide bonds. The molecule has 26 heavy (non-hydrogen) atoms. The lowest BCUT2D eigenvalue weighted by Gasteiger charge is -2.49. The van der Waals surface area contributed by atoms with Crippen molar-refractivity contribution in [3.63, 3.8) is 0 Å². The molecule has 1 aromatic heterocycles. The van der Waals surface area contributed by atoms with Crippen molar-refractivity contribution in [2.45, 2.75) is 70.4 Å². The smallest absolute Gasteiger partial charge is 0.271 e. The Hall–Kier alpha value is -1.53. The van der Waals surface area contributed by atoms with Crippen molar-refractivity contribution in [2.24, 2.45) is 0 Å². The van der Waals surface area contributed by atoms with E-state index in [1.54, 1.807) is 12.4 Å². The molecule has 1 saturated heterocycles. The van der Waals surface area contributed by atoms with Gasteiger partial charge in [0, 0.05) is 19.3 Å². The lowest BCUT2D eigenvalue weighted by Crippen LogP contribution is -2.64. The first-order chi connectivity index (χ1) is 12.6. The average molecular weight is 361 g/mol. The van der Waals surface area contributed by atoms with Crippen LogP contribution in [0.15, 0.2) is 12.4 Å². The Kier molecular flexibility index (Phi) is 6.59. The molecule has 2 atom stereocenters. The zero-order valence-corrected chi connectivity index (χ0v) is 16.2. The van der Waals surface area contributed by atoms with Crippen molar-refractivity contribution in [3.05, 3.63) is 23.8 Å². The number of ether oxygens (including phenoxy) is 1. The second-order valence-electron chi connectivity index (χ2n) is 7.71. The number of morpholine rings is 1. The Morgan fingerprint density at radius 3 is 3.00 bits per heavy atom. The summed E-state index contributed by atoms with van der Waals surface area (Å²) in [6.07, 6.45) is 11.2. The van der Waals surface area contributed by atoms with E-state index in [-0.39, 0.29) is 17.6 Å². The summed E-state index contributed by atoms with van der Waals surface area (Å²) in [5.74, 6) is -0.143. The van der Waals surface area contributed by atoms with Crippen molar-refractivity contribution in [1.29, 1.82) is 0 Å². The molecular formula is C20H32N4O2. The van der Waals surface area contributed by atoms with Crippen LogP contribution in [0.3, 0.4) is 0 Å². The number of aryl methyl sites for hydroxylation is 1. The molecule has 0 bridgehead atoms. The number of nitrogens with one attached hydrogen (secondary N) is 1. The number of rotatable bonds is 6. The number of unbranched alkanes of at least 4 members (excludes halogenated alkanes) is 2. The molecule has 0 unspecified atom stereocenters. The van der Waals surface area contributed by atoms with Gasteiger partial charge in [-0.15, -0.1) is 0 Å². The number of aromatic nitrogens is 2. The van der Waals surface area contributed by atoms with Crippen LogP contribution in [0.25, 0.3) is 0 Å². The highest BCUT2D eigenvalue weighted by Gasteiger charge is 2.45. The van der Waals surface area contributed by atoms with Crippen molar-refractivity contribution in [1.82, 2.24) is 20.2 Å². The van der Waals surface area contributed by atoms with E-state index in [1.807, 2.05) is 6.92 Å². The van der Waals surface area contributed by atoms with Crippen LogP contribution < -0.4 is 5.32 Å². The van der Waals surface area contributed by atoms with Gasteiger partial charge in [0.15, 0.2) is 0 Å². The maximum Gasteiger partial charge on any atom is 0.271 e. The van der Waals surface area contributed by atoms with Crippen molar-refractivity contribution < 1.29 is 9.53 Å². The molecule has 2 heterocycles. The fourth-order valence-electron chi connectivity index (χ4n) is 4.18. The topological polar surface area (TPSA) is 67.3 Å². The first kappa shape index (κ1) is 19.2. The van der Waals surface area contributed by atoms with Gasteiger partial charge in [0.1, 0.15) is 11.3 Å². The van der Waals surface area contributed by atoms with E-state index in [2.05, 4.69) is 27.1 Å². The minimum Gasteiger partial charge on any atom is -0.370 e. The third-order valence-corrected chi connectivity index (χ3v) is 5.66. The van der Waals surface area contributed by atoms with Gasteiger partial charge in [-0.3, -0.25) is 14.7 Å². The summed E-state index contributed by atoms with van der Waals surface area (Å²) in [6, 6.07) is 0.0424. The van der Waals surface area contributed by atoms with Gasteiger partial charge >= 0.3 is 0 Å². The van der Waals surface area contributed by atoms with Gasteiger partial charge in [0.05, 0.1) is 24.5 Å². The highest BCUT2D eigenvalue weighted by molar-refractivity contribution is 5.92. The van der Waals surface area contributed by atoms with Crippen molar-refractivity contribution in [3.8, 4) is 0 Å². The predicted molar refractivity (Wildman–Crippen MR) is 101 cm³/mol. The number of nitrogens with zero attached hydrogens (tertiary/aromatic N) is 3. The third-order valence-electron chi connectivity index (χ3n) is 5.66. The Balaban J connectivity index is 1.66. The van der Waals surface area contributed by atoms with E-state index in [1.165, 1.54) is 25.7 Å². The third kappa shape index (κ3) is 4.60. The molecule has 2 fully saturated rings. The summed E-state index contributed by atoms with van der Waals surface area (Å²) >= 11 is 0. The van der Waals surface area contributed by atoms with Gasteiger partial charge in [-0.05, 0) is 32.7 Å². The number of carbonyl (C=O) groups is 1. The van der Waals surface area contributed by atoms with E-state index in [0.717, 1.165) is 51.2 Å². The summed E-state index contributed by atoms with van der Waals surface area (Å²) in [4.78, 5) is 23.6. The van der Waals surface area contributed by atoms with Gasteiger partial charge in [-0.2, -0.15) is 0 Å². The van der Waals surface area contributed by atoms with E-state index in [4.69, 9.17) is 4.74 Å². The minimum atomic E-state index is -0.253. The second-order valence-corrected chi connectivity index (χ2v) is 7.71. The summed E-state index contributed by atoms with van der Waals surface area (Å²) in [5, 5.41) is 3.21. The fraction of sp³-hybridized carbons (Fsp3) is 0.750. The molecule has 144 valence electrons. The first-order valence-electron chi connectivity index (χ1n) is 10.1. The van der Waals surface area contributed by atoms with Crippen LogP contribution in [0.1, 0.15) is 68.1 Å². The van der Waals surface area contributed by atoms with Crippen LogP contribution >= 0.6 is 0 Å². The molecule has 0 aromatic carbocycles. The van der Waals surface area contributed by atoms with Gasteiger partial charge in [-0.1, -0.05) is 32.6 Å². The maximum absolute atomic E-state index is 12.7. The zero-order valence-electron chi connectivity index (χ0n) is 16.2. The zero-order chi connectivity index (χ0) is 18.4. The van der Waals surface area contributed by atoms with Crippen LogP contribution in [0, 0.1) is 6.92 Å². The van der Waals surface area contributed by atoms with E-state index >= 15 is 0 Å². The van der Waals surface area contributed by atoms with Gasteiger partial charge in [0.25, 0.3) is 5.91 Å². The number of hydrogen-bond acceptors (Lipinski definition) is 5. The highest BCUT2D eigenvalue weighted by atomic mass is 16.5. The molecule has 1 aromatic rings. The highest BCUT2D eigenvalue weighted by Crippen LogP contribution is 2.35. The molecular weight excluding hydrogens is 328 g/mol. The summed E-state index contributed by atoms with van der Waals surface area (Å²) in [7, 11) is 0. The first-order valence-corrected chi connectivity index (χ1v) is 10.1. The largest absolute Gasteiger partial charge is 0.370 e. The normalized spacial score (nSPS) is 26.8. The Bertz CT molecular complexity index is 588. The predicted octanol–water partition coefficient (Wildman–Crippen LogP) is 2.72. The van der Waals surface area contributed by atoms with E-state index in [9.17, 15) is 4.79 Å². The average Bonchev–Trinajstić information content (AvgIpc) is 2.65. The van der Waals surface area contributed by atoms with Crippen LogP contribution in [-0.2, 0) is 4.74 Å². The summed E-state index contributed by atoms with van der Waals surface area (Å²) < 4.78 is 6.32. The molecule has 1 saturated carbocycles. The lowest BCUT2D eigenvalue weighted by atomic mass is 9.78. The molecule has 6 nitrogen and oxygen atoms in total. The Morgan fingerprint density at radius 1 is 1.35 bits per heavy atom. The summed E-state index contributed by atoms with van der Waals surface area (Å²) in [6.45, 7) is 7.90. The lowest BCUT2D eigenvalue weighted by molar-refractivity contribution is -0.141. The number of amides is 1. The van der Waals surface area contributed by atoms with Crippen LogP contribution in [0.5, 0.6) is 0 Å². The SMILES string of the molecule is CCCCCN1CCO[C@]2(CCCC[C@H]2NC(=O)c2cnc(C)cn2)C1. The van der Waals surface area contributed by atoms with Crippen LogP contribution in [-0.4, -0.2) is 58.7 Å². The van der Waals surface area contributed by atoms with Crippen LogP contribution in [0.2, 0.25) is 0 Å². The molecule has 1 aliphatic heterocycles. The Labute approximate surface area is 156 Å². The fourth-order valence-corrected chi connectivity index (χ4v) is 4.18.